The number of piperidine rings is 1. The number of β-amino-alcohol motifs (C(OH)–C–C–N with tert-alkyl or cyclic N) is 1. The summed E-state index contributed by atoms with van der Waals surface area (Å²) in [7, 11) is 4.70. The lowest BCUT2D eigenvalue weighted by Gasteiger charge is -2.35. The molecule has 0 spiro atoms. The summed E-state index contributed by atoms with van der Waals surface area (Å²) in [6.45, 7) is 1.12. The van der Waals surface area contributed by atoms with Gasteiger partial charge in [0.25, 0.3) is 0 Å². The molecular formula is C24H26N2O6. The first-order chi connectivity index (χ1) is 15.3. The number of likely N-dealkylation sites (tertiary alicyclic amines) is 1. The lowest BCUT2D eigenvalue weighted by Crippen LogP contribution is -2.40. The number of phenolic OH excluding ortho intramolecular Hbond substituents is 1. The van der Waals surface area contributed by atoms with Crippen molar-refractivity contribution < 1.29 is 29.3 Å². The van der Waals surface area contributed by atoms with Crippen LogP contribution in [0.1, 0.15) is 50.6 Å². The smallest absolute Gasteiger partial charge is 0.178 e. The highest BCUT2D eigenvalue weighted by Crippen LogP contribution is 2.46. The zero-order chi connectivity index (χ0) is 23.4. The second kappa shape index (κ2) is 9.81. The van der Waals surface area contributed by atoms with Crippen LogP contribution >= 0.6 is 0 Å². The van der Waals surface area contributed by atoms with Gasteiger partial charge in [-0.05, 0) is 32.1 Å². The first-order valence-electron chi connectivity index (χ1n) is 10.2. The summed E-state index contributed by atoms with van der Waals surface area (Å²) < 4.78 is 10.7. The van der Waals surface area contributed by atoms with Crippen LogP contribution in [0, 0.1) is 11.3 Å². The summed E-state index contributed by atoms with van der Waals surface area (Å²) in [5, 5.41) is 30.6. The number of aliphatic hydroxyl groups is 1. The van der Waals surface area contributed by atoms with Crippen LogP contribution in [0.3, 0.4) is 0 Å². The summed E-state index contributed by atoms with van der Waals surface area (Å²) in [5.41, 5.74) is 0.915. The molecule has 0 bridgehead atoms. The fourth-order valence-electron chi connectivity index (χ4n) is 4.09. The molecule has 8 nitrogen and oxygen atoms in total. The van der Waals surface area contributed by atoms with Crippen LogP contribution in [-0.2, 0) is 0 Å². The number of phenols is 1. The molecular weight excluding hydrogens is 412 g/mol. The highest BCUT2D eigenvalue weighted by Gasteiger charge is 2.35. The van der Waals surface area contributed by atoms with Crippen LogP contribution in [0.2, 0.25) is 0 Å². The number of likely N-dealkylation sites (N-methyl/N-ethyl adjacent to an activating group) is 1. The van der Waals surface area contributed by atoms with Gasteiger partial charge in [0, 0.05) is 29.7 Å². The number of carbonyl (C=O) groups is 2. The van der Waals surface area contributed by atoms with Crippen LogP contribution in [0.15, 0.2) is 30.3 Å². The zero-order valence-electron chi connectivity index (χ0n) is 18.3. The van der Waals surface area contributed by atoms with E-state index in [1.165, 1.54) is 44.6 Å². The molecule has 0 aliphatic carbocycles. The highest BCUT2D eigenvalue weighted by molar-refractivity contribution is 6.15. The first-order valence-corrected chi connectivity index (χ1v) is 10.2. The minimum atomic E-state index is -0.759. The molecule has 168 valence electrons. The first kappa shape index (κ1) is 23.3. The molecule has 1 heterocycles. The number of rotatable bonds is 7. The Kier molecular flexibility index (Phi) is 7.13. The Labute approximate surface area is 186 Å². The predicted molar refractivity (Wildman–Crippen MR) is 117 cm³/mol. The van der Waals surface area contributed by atoms with Crippen molar-refractivity contribution in [2.75, 3.05) is 34.4 Å². The minimum Gasteiger partial charge on any atom is -0.507 e. The van der Waals surface area contributed by atoms with Crippen molar-refractivity contribution in [1.29, 1.82) is 5.26 Å². The van der Waals surface area contributed by atoms with E-state index in [9.17, 15) is 19.8 Å². The number of aliphatic hydroxyl groups excluding tert-OH is 1. The summed E-state index contributed by atoms with van der Waals surface area (Å²) in [6, 6.07) is 9.45. The van der Waals surface area contributed by atoms with Crippen molar-refractivity contribution in [3.05, 3.63) is 52.6 Å². The van der Waals surface area contributed by atoms with Crippen molar-refractivity contribution in [1.82, 2.24) is 4.90 Å². The van der Waals surface area contributed by atoms with Crippen molar-refractivity contribution in [3.8, 4) is 23.3 Å². The van der Waals surface area contributed by atoms with Crippen LogP contribution in [0.5, 0.6) is 17.2 Å². The molecule has 8 heteroatoms. The standard InChI is InChI=1S/C24H26N2O6/c1-26-9-8-16(19(29)13-26)22-20(31-2)11-21(32-3)23(24(22)30)18(28)10-17(27)15-6-4-14(12-25)5-7-15/h4-7,11,16,19,29-30H,8-10,13H2,1-3H3/t16-,19+/m0/s1. The van der Waals surface area contributed by atoms with E-state index in [0.717, 1.165) is 0 Å². The SMILES string of the molecule is COc1cc(OC)c([C@H]2CCN(C)C[C@H]2O)c(O)c1C(=O)CC(=O)c1ccc(C#N)cc1. The number of hydrogen-bond donors (Lipinski definition) is 2. The monoisotopic (exact) mass is 438 g/mol. The summed E-state index contributed by atoms with van der Waals surface area (Å²) in [4.78, 5) is 27.7. The molecule has 2 aromatic carbocycles. The van der Waals surface area contributed by atoms with E-state index in [0.29, 0.717) is 36.4 Å². The molecule has 0 amide bonds. The van der Waals surface area contributed by atoms with Crippen molar-refractivity contribution in [2.24, 2.45) is 0 Å². The molecule has 0 unspecified atom stereocenters. The molecule has 2 aromatic rings. The van der Waals surface area contributed by atoms with Gasteiger partial charge in [0.1, 0.15) is 22.8 Å². The Morgan fingerprint density at radius 3 is 2.38 bits per heavy atom. The maximum atomic E-state index is 13.1. The van der Waals surface area contributed by atoms with Gasteiger partial charge in [0.05, 0.1) is 38.4 Å². The highest BCUT2D eigenvalue weighted by atomic mass is 16.5. The number of ketones is 2. The summed E-state index contributed by atoms with van der Waals surface area (Å²) >= 11 is 0. The molecule has 1 fully saturated rings. The fraction of sp³-hybridized carbons (Fsp3) is 0.375. The number of nitriles is 1. The fourth-order valence-corrected chi connectivity index (χ4v) is 4.09. The Bertz CT molecular complexity index is 1060. The Morgan fingerprint density at radius 1 is 1.16 bits per heavy atom. The molecule has 1 aliphatic heterocycles. The van der Waals surface area contributed by atoms with Crippen LogP contribution in [0.25, 0.3) is 0 Å². The number of benzene rings is 2. The van der Waals surface area contributed by atoms with Crippen LogP contribution < -0.4 is 9.47 Å². The molecule has 2 atom stereocenters. The lowest BCUT2D eigenvalue weighted by molar-refractivity contribution is 0.0618. The number of methoxy groups -OCH3 is 2. The van der Waals surface area contributed by atoms with Gasteiger partial charge >= 0.3 is 0 Å². The quantitative estimate of drug-likeness (QED) is 0.500. The Morgan fingerprint density at radius 2 is 1.81 bits per heavy atom. The van der Waals surface area contributed by atoms with E-state index in [2.05, 4.69) is 0 Å². The number of Topliss-reactive ketones (excluding diaryl/α,β-unsaturated/α-hetero) is 2. The van der Waals surface area contributed by atoms with E-state index < -0.39 is 30.0 Å². The van der Waals surface area contributed by atoms with Gasteiger partial charge in [0.15, 0.2) is 11.6 Å². The van der Waals surface area contributed by atoms with Crippen molar-refractivity contribution >= 4 is 11.6 Å². The average molecular weight is 438 g/mol. The second-order valence-corrected chi connectivity index (χ2v) is 7.86. The third kappa shape index (κ3) is 4.59. The minimum absolute atomic E-state index is 0.0862. The normalized spacial score (nSPS) is 18.6. The van der Waals surface area contributed by atoms with Gasteiger partial charge in [-0.25, -0.2) is 0 Å². The molecule has 1 aliphatic rings. The molecule has 1 saturated heterocycles. The molecule has 32 heavy (non-hydrogen) atoms. The van der Waals surface area contributed by atoms with Crippen molar-refractivity contribution in [3.63, 3.8) is 0 Å². The number of nitrogens with zero attached hydrogens (tertiary/aromatic N) is 2. The average Bonchev–Trinajstić information content (AvgIpc) is 2.78. The van der Waals surface area contributed by atoms with Crippen molar-refractivity contribution in [2.45, 2.75) is 24.9 Å². The van der Waals surface area contributed by atoms with Gasteiger partial charge in [-0.2, -0.15) is 5.26 Å². The number of hydrogen-bond acceptors (Lipinski definition) is 8. The zero-order valence-corrected chi connectivity index (χ0v) is 18.3. The topological polar surface area (TPSA) is 120 Å². The van der Waals surface area contributed by atoms with Crippen LogP contribution in [-0.4, -0.2) is 67.1 Å². The van der Waals surface area contributed by atoms with Gasteiger partial charge in [0.2, 0.25) is 0 Å². The third-order valence-electron chi connectivity index (χ3n) is 5.80. The lowest BCUT2D eigenvalue weighted by atomic mass is 9.84. The summed E-state index contributed by atoms with van der Waals surface area (Å²) in [6.07, 6.45) is -0.686. The molecule has 2 N–H and O–H groups in total. The predicted octanol–water partition coefficient (Wildman–Crippen LogP) is 2.52. The number of aromatic hydroxyl groups is 1. The number of ether oxygens (including phenoxy) is 2. The van der Waals surface area contributed by atoms with Crippen LogP contribution in [0.4, 0.5) is 0 Å². The second-order valence-electron chi connectivity index (χ2n) is 7.86. The molecule has 0 aromatic heterocycles. The Balaban J connectivity index is 1.98. The van der Waals surface area contributed by atoms with Gasteiger partial charge < -0.3 is 24.6 Å². The number of carbonyl (C=O) groups excluding carboxylic acids is 2. The molecule has 3 rings (SSSR count). The largest absolute Gasteiger partial charge is 0.507 e. The van der Waals surface area contributed by atoms with E-state index in [4.69, 9.17) is 14.7 Å². The molecule has 0 saturated carbocycles. The maximum absolute atomic E-state index is 13.1. The van der Waals surface area contributed by atoms with Gasteiger partial charge in [-0.15, -0.1) is 0 Å². The Hall–Kier alpha value is -3.41. The molecule has 0 radical (unpaired) electrons. The van der Waals surface area contributed by atoms with Gasteiger partial charge in [-0.3, -0.25) is 9.59 Å². The summed E-state index contributed by atoms with van der Waals surface area (Å²) in [5.74, 6) is -1.44. The third-order valence-corrected chi connectivity index (χ3v) is 5.80. The van der Waals surface area contributed by atoms with Gasteiger partial charge in [-0.1, -0.05) is 12.1 Å². The van der Waals surface area contributed by atoms with E-state index >= 15 is 0 Å². The maximum Gasteiger partial charge on any atom is 0.178 e. The van der Waals surface area contributed by atoms with E-state index in [1.54, 1.807) is 0 Å². The van der Waals surface area contributed by atoms with E-state index in [1.807, 2.05) is 18.0 Å². The van der Waals surface area contributed by atoms with E-state index in [-0.39, 0.29) is 22.6 Å².